The summed E-state index contributed by atoms with van der Waals surface area (Å²) in [5, 5.41) is 0. The van der Waals surface area contributed by atoms with Gasteiger partial charge in [-0.3, -0.25) is 0 Å². The number of piperidine rings is 1. The highest BCUT2D eigenvalue weighted by molar-refractivity contribution is 7.89. The van der Waals surface area contributed by atoms with Gasteiger partial charge in [-0.15, -0.1) is 0 Å². The second-order valence-corrected chi connectivity index (χ2v) is 7.24. The van der Waals surface area contributed by atoms with Crippen molar-refractivity contribution in [2.24, 2.45) is 0 Å². The van der Waals surface area contributed by atoms with Crippen LogP contribution in [0.25, 0.3) is 11.3 Å². The molecule has 0 atom stereocenters. The highest BCUT2D eigenvalue weighted by atomic mass is 32.2. The third-order valence-corrected chi connectivity index (χ3v) is 5.81. The summed E-state index contributed by atoms with van der Waals surface area (Å²) in [5.41, 5.74) is 0.644. The molecule has 0 aliphatic carbocycles. The fourth-order valence-corrected chi connectivity index (χ4v) is 4.27. The Labute approximate surface area is 130 Å². The van der Waals surface area contributed by atoms with Crippen molar-refractivity contribution in [2.75, 3.05) is 20.2 Å². The number of hydrogen-bond acceptors (Lipinski definition) is 4. The number of sulfonamides is 1. The smallest absolute Gasteiger partial charge is 0.243 e. The lowest BCUT2D eigenvalue weighted by molar-refractivity contribution is 0.346. The van der Waals surface area contributed by atoms with Crippen LogP contribution in [0.3, 0.4) is 0 Å². The molecule has 1 aliphatic rings. The van der Waals surface area contributed by atoms with Crippen LogP contribution < -0.4 is 4.74 Å². The molecule has 6 heteroatoms. The van der Waals surface area contributed by atoms with Gasteiger partial charge in [-0.25, -0.2) is 8.42 Å². The number of methoxy groups -OCH3 is 1. The molecule has 1 aromatic heterocycles. The van der Waals surface area contributed by atoms with Crippen molar-refractivity contribution in [1.29, 1.82) is 0 Å². The van der Waals surface area contributed by atoms with Gasteiger partial charge in [-0.1, -0.05) is 6.42 Å². The van der Waals surface area contributed by atoms with Gasteiger partial charge in [0.2, 0.25) is 10.0 Å². The molecular formula is C16H19NO4S. The highest BCUT2D eigenvalue weighted by Gasteiger charge is 2.27. The molecule has 5 nitrogen and oxygen atoms in total. The maximum atomic E-state index is 12.8. The summed E-state index contributed by atoms with van der Waals surface area (Å²) in [6, 6.07) is 8.45. The van der Waals surface area contributed by atoms with Gasteiger partial charge < -0.3 is 9.15 Å². The molecule has 0 spiro atoms. The van der Waals surface area contributed by atoms with Crippen LogP contribution in [0.5, 0.6) is 5.75 Å². The average molecular weight is 321 g/mol. The number of furan rings is 1. The first-order valence-electron chi connectivity index (χ1n) is 7.35. The van der Waals surface area contributed by atoms with Gasteiger partial charge in [0.15, 0.2) is 0 Å². The second-order valence-electron chi connectivity index (χ2n) is 5.30. The van der Waals surface area contributed by atoms with Crippen molar-refractivity contribution in [3.63, 3.8) is 0 Å². The van der Waals surface area contributed by atoms with Crippen LogP contribution >= 0.6 is 0 Å². The van der Waals surface area contributed by atoms with E-state index in [2.05, 4.69) is 0 Å². The molecule has 118 valence electrons. The Morgan fingerprint density at radius 1 is 1.14 bits per heavy atom. The van der Waals surface area contributed by atoms with E-state index >= 15 is 0 Å². The van der Waals surface area contributed by atoms with Gasteiger partial charge in [0, 0.05) is 13.1 Å². The predicted octanol–water partition coefficient (Wildman–Crippen LogP) is 3.13. The summed E-state index contributed by atoms with van der Waals surface area (Å²) < 4.78 is 37.8. The molecule has 22 heavy (non-hydrogen) atoms. The van der Waals surface area contributed by atoms with Crippen LogP contribution in [0.15, 0.2) is 45.9 Å². The monoisotopic (exact) mass is 321 g/mol. The lowest BCUT2D eigenvalue weighted by Gasteiger charge is -2.26. The summed E-state index contributed by atoms with van der Waals surface area (Å²) in [6.45, 7) is 1.18. The van der Waals surface area contributed by atoms with E-state index in [1.165, 1.54) is 0 Å². The Balaban J connectivity index is 2.03. The molecule has 2 aromatic rings. The van der Waals surface area contributed by atoms with Crippen LogP contribution in [-0.4, -0.2) is 32.9 Å². The number of hydrogen-bond donors (Lipinski definition) is 0. The van der Waals surface area contributed by atoms with E-state index in [1.54, 1.807) is 48.0 Å². The zero-order chi connectivity index (χ0) is 15.6. The molecule has 3 rings (SSSR count). The quantitative estimate of drug-likeness (QED) is 0.868. The van der Waals surface area contributed by atoms with Crippen molar-refractivity contribution in [3.8, 4) is 17.1 Å². The predicted molar refractivity (Wildman–Crippen MR) is 83.3 cm³/mol. The van der Waals surface area contributed by atoms with Crippen molar-refractivity contribution in [2.45, 2.75) is 24.2 Å². The van der Waals surface area contributed by atoms with Crippen molar-refractivity contribution in [1.82, 2.24) is 4.31 Å². The first kappa shape index (κ1) is 15.1. The molecule has 0 N–H and O–H groups in total. The standard InChI is InChI=1S/C16H19NO4S/c1-20-15-8-7-13(12-14(15)16-6-5-11-21-16)22(18,19)17-9-3-2-4-10-17/h5-8,11-12H,2-4,9-10H2,1H3. The fourth-order valence-electron chi connectivity index (χ4n) is 2.73. The molecule has 2 heterocycles. The Hall–Kier alpha value is -1.79. The highest BCUT2D eigenvalue weighted by Crippen LogP contribution is 2.33. The van der Waals surface area contributed by atoms with Gasteiger partial charge in [0.05, 0.1) is 23.8 Å². The zero-order valence-corrected chi connectivity index (χ0v) is 13.3. The Morgan fingerprint density at radius 2 is 1.91 bits per heavy atom. The second kappa shape index (κ2) is 6.14. The molecule has 0 radical (unpaired) electrons. The number of nitrogens with zero attached hydrogens (tertiary/aromatic N) is 1. The van der Waals surface area contributed by atoms with Crippen LogP contribution in [-0.2, 0) is 10.0 Å². The maximum Gasteiger partial charge on any atom is 0.243 e. The third kappa shape index (κ3) is 2.76. The van der Waals surface area contributed by atoms with Gasteiger partial charge in [-0.05, 0) is 43.2 Å². The van der Waals surface area contributed by atoms with Crippen molar-refractivity contribution >= 4 is 10.0 Å². The summed E-state index contributed by atoms with van der Waals surface area (Å²) in [5.74, 6) is 1.18. The minimum Gasteiger partial charge on any atom is -0.496 e. The molecule has 0 bridgehead atoms. The molecule has 0 saturated carbocycles. The Bertz CT molecular complexity index is 732. The van der Waals surface area contributed by atoms with E-state index < -0.39 is 10.0 Å². The molecule has 1 saturated heterocycles. The van der Waals surface area contributed by atoms with E-state index in [0.29, 0.717) is 30.2 Å². The fraction of sp³-hybridized carbons (Fsp3) is 0.375. The van der Waals surface area contributed by atoms with Crippen LogP contribution in [0, 0.1) is 0 Å². The van der Waals surface area contributed by atoms with E-state index in [-0.39, 0.29) is 4.90 Å². The largest absolute Gasteiger partial charge is 0.496 e. The van der Waals surface area contributed by atoms with Crippen molar-refractivity contribution in [3.05, 3.63) is 36.6 Å². The normalized spacial score (nSPS) is 16.6. The van der Waals surface area contributed by atoms with Gasteiger partial charge in [0.1, 0.15) is 11.5 Å². The molecule has 1 aromatic carbocycles. The maximum absolute atomic E-state index is 12.8. The molecule has 0 unspecified atom stereocenters. The third-order valence-electron chi connectivity index (χ3n) is 3.91. The first-order valence-corrected chi connectivity index (χ1v) is 8.79. The summed E-state index contributed by atoms with van der Waals surface area (Å²) in [4.78, 5) is 0.279. The lowest BCUT2D eigenvalue weighted by Crippen LogP contribution is -2.35. The number of rotatable bonds is 4. The lowest BCUT2D eigenvalue weighted by atomic mass is 10.1. The SMILES string of the molecule is COc1ccc(S(=O)(=O)N2CCCCC2)cc1-c1ccco1. The minimum absolute atomic E-state index is 0.279. The topological polar surface area (TPSA) is 59.8 Å². The minimum atomic E-state index is -3.46. The van der Waals surface area contributed by atoms with Gasteiger partial charge in [0.25, 0.3) is 0 Å². The Kier molecular flexibility index (Phi) is 4.22. The van der Waals surface area contributed by atoms with Gasteiger partial charge >= 0.3 is 0 Å². The zero-order valence-electron chi connectivity index (χ0n) is 12.5. The Morgan fingerprint density at radius 3 is 2.55 bits per heavy atom. The van der Waals surface area contributed by atoms with Gasteiger partial charge in [-0.2, -0.15) is 4.31 Å². The van der Waals surface area contributed by atoms with Crippen molar-refractivity contribution < 1.29 is 17.6 Å². The van der Waals surface area contributed by atoms with Crippen LogP contribution in [0.2, 0.25) is 0 Å². The molecule has 1 fully saturated rings. The number of benzene rings is 1. The van der Waals surface area contributed by atoms with E-state index in [4.69, 9.17) is 9.15 Å². The van der Waals surface area contributed by atoms with E-state index in [9.17, 15) is 8.42 Å². The summed E-state index contributed by atoms with van der Waals surface area (Å²) >= 11 is 0. The molecule has 1 aliphatic heterocycles. The molecule has 0 amide bonds. The summed E-state index contributed by atoms with van der Waals surface area (Å²) in [7, 11) is -1.91. The van der Waals surface area contributed by atoms with E-state index in [1.807, 2.05) is 0 Å². The molecular weight excluding hydrogens is 302 g/mol. The van der Waals surface area contributed by atoms with Crippen LogP contribution in [0.4, 0.5) is 0 Å². The first-order chi connectivity index (χ1) is 10.6. The number of ether oxygens (including phenoxy) is 1. The summed E-state index contributed by atoms with van der Waals surface area (Å²) in [6.07, 6.45) is 4.48. The van der Waals surface area contributed by atoms with E-state index in [0.717, 1.165) is 19.3 Å². The average Bonchev–Trinajstić information content (AvgIpc) is 3.09. The van der Waals surface area contributed by atoms with Crippen LogP contribution in [0.1, 0.15) is 19.3 Å².